The van der Waals surface area contributed by atoms with Crippen molar-refractivity contribution in [2.24, 2.45) is 0 Å². The van der Waals surface area contributed by atoms with Gasteiger partial charge in [-0.05, 0) is 60.7 Å². The van der Waals surface area contributed by atoms with Gasteiger partial charge in [0.25, 0.3) is 0 Å². The molecule has 0 aromatic heterocycles. The third-order valence-corrected chi connectivity index (χ3v) is 8.76. The number of anilines is 1. The molecule has 9 nitrogen and oxygen atoms in total. The van der Waals surface area contributed by atoms with E-state index in [-0.39, 0.29) is 19.6 Å². The summed E-state index contributed by atoms with van der Waals surface area (Å²) < 4.78 is 11.1. The van der Waals surface area contributed by atoms with Crippen LogP contribution >= 0.6 is 11.8 Å². The molecule has 1 saturated heterocycles. The highest BCUT2D eigenvalue weighted by Crippen LogP contribution is 2.45. The van der Waals surface area contributed by atoms with Gasteiger partial charge in [0.2, 0.25) is 5.91 Å². The molecule has 2 atom stereocenters. The van der Waals surface area contributed by atoms with E-state index >= 15 is 0 Å². The first-order valence-corrected chi connectivity index (χ1v) is 16.8. The highest BCUT2D eigenvalue weighted by molar-refractivity contribution is 7.99. The van der Waals surface area contributed by atoms with Gasteiger partial charge in [-0.1, -0.05) is 97.1 Å². The van der Waals surface area contributed by atoms with E-state index in [2.05, 4.69) is 10.6 Å². The van der Waals surface area contributed by atoms with Crippen LogP contribution in [0.4, 0.5) is 10.5 Å². The van der Waals surface area contributed by atoms with Gasteiger partial charge in [-0.3, -0.25) is 9.59 Å². The maximum Gasteiger partial charge on any atom is 0.330 e. The highest BCUT2D eigenvalue weighted by atomic mass is 32.2. The fraction of sp³-hybridized carbons (Fsp3) is 0.263. The lowest BCUT2D eigenvalue weighted by Gasteiger charge is -2.31. The number of esters is 2. The van der Waals surface area contributed by atoms with E-state index in [9.17, 15) is 19.2 Å². The Morgan fingerprint density at radius 3 is 2.23 bits per heavy atom. The molecule has 0 spiro atoms. The quantitative estimate of drug-likeness (QED) is 0.180. The molecule has 5 rings (SSSR count). The minimum absolute atomic E-state index is 0.0347. The van der Waals surface area contributed by atoms with Crippen LogP contribution in [0.25, 0.3) is 11.1 Å². The van der Waals surface area contributed by atoms with Crippen LogP contribution in [0.1, 0.15) is 42.8 Å². The van der Waals surface area contributed by atoms with Gasteiger partial charge < -0.3 is 25.0 Å². The maximum absolute atomic E-state index is 13.9. The first kappa shape index (κ1) is 34.3. The summed E-state index contributed by atoms with van der Waals surface area (Å²) in [6, 6.07) is 32.5. The number of ether oxygens (including phenoxy) is 2. The van der Waals surface area contributed by atoms with Crippen LogP contribution in [-0.2, 0) is 36.9 Å². The third kappa shape index (κ3) is 9.25. The molecule has 2 N–H and O–H groups in total. The normalized spacial score (nSPS) is 15.8. The molecule has 3 amide bonds. The van der Waals surface area contributed by atoms with E-state index < -0.39 is 40.9 Å². The Balaban J connectivity index is 1.25. The zero-order valence-corrected chi connectivity index (χ0v) is 28.0. The maximum atomic E-state index is 13.9. The topological polar surface area (TPSA) is 114 Å². The van der Waals surface area contributed by atoms with Crippen LogP contribution in [0.2, 0.25) is 0 Å². The van der Waals surface area contributed by atoms with Gasteiger partial charge in [-0.2, -0.15) is 0 Å². The lowest BCUT2D eigenvalue weighted by molar-refractivity contribution is -0.163. The van der Waals surface area contributed by atoms with Crippen LogP contribution in [0.15, 0.2) is 109 Å². The van der Waals surface area contributed by atoms with Gasteiger partial charge in [0.05, 0.1) is 13.0 Å². The number of thioether (sulfide) groups is 1. The Morgan fingerprint density at radius 1 is 0.833 bits per heavy atom. The summed E-state index contributed by atoms with van der Waals surface area (Å²) in [5, 5.41) is 4.89. The smallest absolute Gasteiger partial charge is 0.330 e. The van der Waals surface area contributed by atoms with Crippen LogP contribution in [0, 0.1) is 0 Å². The number of nitrogens with zero attached hydrogens (tertiary/aromatic N) is 1. The molecular formula is C38H39N3O6S. The monoisotopic (exact) mass is 665 g/mol. The summed E-state index contributed by atoms with van der Waals surface area (Å²) >= 11 is 1.49. The first-order chi connectivity index (χ1) is 23.1. The number of amides is 3. The van der Waals surface area contributed by atoms with E-state index in [1.165, 1.54) is 16.7 Å². The van der Waals surface area contributed by atoms with Crippen molar-refractivity contribution in [3.63, 3.8) is 0 Å². The number of carbonyl (C=O) groups excluding carboxylic acids is 4. The van der Waals surface area contributed by atoms with Crippen LogP contribution in [0.3, 0.4) is 0 Å². The lowest BCUT2D eigenvalue weighted by atomic mass is 9.99. The summed E-state index contributed by atoms with van der Waals surface area (Å²) in [5.41, 5.74) is 4.10. The van der Waals surface area contributed by atoms with E-state index in [0.29, 0.717) is 17.0 Å². The molecule has 1 fully saturated rings. The summed E-state index contributed by atoms with van der Waals surface area (Å²) in [6.07, 6.45) is 0.0347. The Morgan fingerprint density at radius 2 is 1.50 bits per heavy atom. The van der Waals surface area contributed by atoms with Crippen LogP contribution in [0.5, 0.6) is 0 Å². The lowest BCUT2D eigenvalue weighted by Crippen LogP contribution is -2.49. The van der Waals surface area contributed by atoms with Crippen molar-refractivity contribution in [1.82, 2.24) is 10.2 Å². The molecule has 0 bridgehead atoms. The van der Waals surface area contributed by atoms with Crippen molar-refractivity contribution in [3.05, 3.63) is 126 Å². The summed E-state index contributed by atoms with van der Waals surface area (Å²) in [5.74, 6) is -0.959. The standard InChI is InChI=1S/C38H39N3O6S/c1-38(2,3)47-36(44)32-25-48-35(31-20-11-10-19-30(31)28-16-8-5-9-17-28)41(32)33(42)23-39-37(45)40-29-18-12-15-27(21-29)22-34(43)46-24-26-13-6-4-7-14-26/h4-21,32,35H,22-25H2,1-3H3,(H2,39,40,45)/t32-,35+/m0/s1. The van der Waals surface area contributed by atoms with Crippen molar-refractivity contribution >= 4 is 41.3 Å². The Bertz CT molecular complexity index is 1740. The molecule has 248 valence electrons. The van der Waals surface area contributed by atoms with Crippen molar-refractivity contribution in [2.75, 3.05) is 17.6 Å². The van der Waals surface area contributed by atoms with Gasteiger partial charge in [0, 0.05) is 11.4 Å². The molecule has 0 aliphatic carbocycles. The fourth-order valence-corrected chi connectivity index (χ4v) is 6.80. The third-order valence-electron chi connectivity index (χ3n) is 7.45. The zero-order valence-electron chi connectivity index (χ0n) is 27.2. The number of urea groups is 1. The number of carbonyl (C=O) groups is 4. The van der Waals surface area contributed by atoms with E-state index in [4.69, 9.17) is 9.47 Å². The molecule has 48 heavy (non-hydrogen) atoms. The molecule has 0 saturated carbocycles. The molecule has 0 unspecified atom stereocenters. The Labute approximate surface area is 285 Å². The van der Waals surface area contributed by atoms with Gasteiger partial charge in [0.1, 0.15) is 23.6 Å². The second kappa shape index (κ2) is 15.7. The van der Waals surface area contributed by atoms with E-state index in [1.807, 2.05) is 84.9 Å². The zero-order chi connectivity index (χ0) is 34.1. The van der Waals surface area contributed by atoms with Crippen molar-refractivity contribution in [1.29, 1.82) is 0 Å². The molecule has 4 aromatic carbocycles. The fourth-order valence-electron chi connectivity index (χ4n) is 5.33. The molecule has 1 heterocycles. The SMILES string of the molecule is CC(C)(C)OC(=O)[C@@H]1CS[C@H](c2ccccc2-c2ccccc2)N1C(=O)CNC(=O)Nc1cccc(CC(=O)OCc2ccccc2)c1. The van der Waals surface area contributed by atoms with E-state index in [1.54, 1.807) is 45.0 Å². The van der Waals surface area contributed by atoms with Gasteiger partial charge in [-0.15, -0.1) is 11.8 Å². The predicted molar refractivity (Wildman–Crippen MR) is 187 cm³/mol. The second-order valence-electron chi connectivity index (χ2n) is 12.3. The van der Waals surface area contributed by atoms with E-state index in [0.717, 1.165) is 22.3 Å². The first-order valence-electron chi connectivity index (χ1n) is 15.7. The Kier molecular flexibility index (Phi) is 11.2. The van der Waals surface area contributed by atoms with Crippen LogP contribution < -0.4 is 10.6 Å². The molecule has 10 heteroatoms. The minimum Gasteiger partial charge on any atom is -0.461 e. The van der Waals surface area contributed by atoms with Gasteiger partial charge >= 0.3 is 18.0 Å². The minimum atomic E-state index is -0.834. The average molecular weight is 666 g/mol. The highest BCUT2D eigenvalue weighted by Gasteiger charge is 2.44. The van der Waals surface area contributed by atoms with Crippen molar-refractivity contribution in [2.45, 2.75) is 50.8 Å². The molecule has 1 aliphatic rings. The summed E-state index contributed by atoms with van der Waals surface area (Å²) in [7, 11) is 0. The molecule has 1 aliphatic heterocycles. The number of hydrogen-bond donors (Lipinski definition) is 2. The summed E-state index contributed by atoms with van der Waals surface area (Å²) in [4.78, 5) is 54.1. The van der Waals surface area contributed by atoms with Crippen molar-refractivity contribution < 1.29 is 28.7 Å². The number of hydrogen-bond acceptors (Lipinski definition) is 7. The number of benzene rings is 4. The second-order valence-corrected chi connectivity index (χ2v) is 13.4. The molecule has 4 aromatic rings. The molecular weight excluding hydrogens is 627 g/mol. The van der Waals surface area contributed by atoms with Crippen LogP contribution in [-0.4, -0.2) is 52.7 Å². The number of nitrogens with one attached hydrogen (secondary N) is 2. The predicted octanol–water partition coefficient (Wildman–Crippen LogP) is 6.75. The van der Waals surface area contributed by atoms with Gasteiger partial charge in [0.15, 0.2) is 0 Å². The largest absolute Gasteiger partial charge is 0.461 e. The van der Waals surface area contributed by atoms with Gasteiger partial charge in [-0.25, -0.2) is 9.59 Å². The Hall–Kier alpha value is -5.09. The average Bonchev–Trinajstić information content (AvgIpc) is 3.52. The molecule has 0 radical (unpaired) electrons. The summed E-state index contributed by atoms with van der Waals surface area (Å²) in [6.45, 7) is 5.19. The van der Waals surface area contributed by atoms with Crippen molar-refractivity contribution in [3.8, 4) is 11.1 Å². The number of rotatable bonds is 10.